The summed E-state index contributed by atoms with van der Waals surface area (Å²) in [7, 11) is 1.93. The molecule has 0 aliphatic carbocycles. The summed E-state index contributed by atoms with van der Waals surface area (Å²) in [6, 6.07) is 11.4. The number of halogens is 2. The molecule has 3 aliphatic heterocycles. The van der Waals surface area contributed by atoms with Gasteiger partial charge in [0.2, 0.25) is 5.91 Å². The van der Waals surface area contributed by atoms with Gasteiger partial charge in [-0.1, -0.05) is 41.9 Å². The lowest BCUT2D eigenvalue weighted by molar-refractivity contribution is -0.131. The Morgan fingerprint density at radius 1 is 1.14 bits per heavy atom. The first-order valence-electron chi connectivity index (χ1n) is 16.7. The summed E-state index contributed by atoms with van der Waals surface area (Å²) in [6.07, 6.45) is 9.33. The maximum absolute atomic E-state index is 16.7. The third kappa shape index (κ3) is 6.00. The zero-order valence-electron chi connectivity index (χ0n) is 27.4. The smallest absolute Gasteiger partial charge is 0.319 e. The molecule has 3 fully saturated rings. The number of amides is 1. The van der Waals surface area contributed by atoms with Crippen molar-refractivity contribution < 1.29 is 13.9 Å². The van der Waals surface area contributed by atoms with Crippen LogP contribution in [0.5, 0.6) is 6.01 Å². The SMILES string of the molecule is Cc1nsc(/C=C/C(=O)N2CC(CN(C)c3nc(OCC45CCCN4CCC5)nc4c(F)c(-c5cccc6cccc(Cl)c56)ncc34)C2)n1. The van der Waals surface area contributed by atoms with Crippen LogP contribution in [0, 0.1) is 18.7 Å². The van der Waals surface area contributed by atoms with Gasteiger partial charge in [0.15, 0.2) is 5.82 Å². The third-order valence-corrected chi connectivity index (χ3v) is 11.2. The summed E-state index contributed by atoms with van der Waals surface area (Å²) in [5, 5.41) is 3.36. The quantitative estimate of drug-likeness (QED) is 0.162. The summed E-state index contributed by atoms with van der Waals surface area (Å²) in [6.45, 7) is 6.25. The van der Waals surface area contributed by atoms with Gasteiger partial charge < -0.3 is 14.5 Å². The van der Waals surface area contributed by atoms with Crippen molar-refractivity contribution in [1.29, 1.82) is 0 Å². The summed E-state index contributed by atoms with van der Waals surface area (Å²) < 4.78 is 27.3. The Hall–Kier alpha value is -4.26. The number of ether oxygens (including phenoxy) is 1. The van der Waals surface area contributed by atoms with E-state index < -0.39 is 5.82 Å². The molecule has 0 unspecified atom stereocenters. The molecule has 0 spiro atoms. The maximum Gasteiger partial charge on any atom is 0.319 e. The number of aromatic nitrogens is 5. The van der Waals surface area contributed by atoms with Crippen LogP contribution in [0.25, 0.3) is 39.0 Å². The van der Waals surface area contributed by atoms with E-state index in [4.69, 9.17) is 21.3 Å². The summed E-state index contributed by atoms with van der Waals surface area (Å²) in [5.74, 6) is 0.830. The maximum atomic E-state index is 16.7. The van der Waals surface area contributed by atoms with Gasteiger partial charge in [-0.25, -0.2) is 9.37 Å². The second kappa shape index (κ2) is 12.9. The van der Waals surface area contributed by atoms with Gasteiger partial charge in [0.25, 0.3) is 0 Å². The minimum atomic E-state index is -0.550. The van der Waals surface area contributed by atoms with Crippen LogP contribution in [0.1, 0.15) is 36.5 Å². The molecule has 3 aliphatic rings. The number of hydrogen-bond acceptors (Lipinski definition) is 10. The first-order chi connectivity index (χ1) is 23.8. The van der Waals surface area contributed by atoms with Gasteiger partial charge in [-0.3, -0.25) is 14.7 Å². The first-order valence-corrected chi connectivity index (χ1v) is 17.8. The van der Waals surface area contributed by atoms with Gasteiger partial charge in [0.05, 0.1) is 10.9 Å². The minimum Gasteiger partial charge on any atom is -0.461 e. The molecule has 3 aromatic heterocycles. The normalized spacial score (nSPS) is 17.7. The predicted octanol–water partition coefficient (Wildman–Crippen LogP) is 6.41. The second-order valence-electron chi connectivity index (χ2n) is 13.4. The number of fused-ring (bicyclic) bond motifs is 3. The highest BCUT2D eigenvalue weighted by atomic mass is 35.5. The van der Waals surface area contributed by atoms with Crippen molar-refractivity contribution in [3.63, 3.8) is 0 Å². The fourth-order valence-corrected chi connectivity index (χ4v) is 8.54. The third-order valence-electron chi connectivity index (χ3n) is 10.1. The van der Waals surface area contributed by atoms with Crippen molar-refractivity contribution in [2.24, 2.45) is 5.92 Å². The molecule has 0 saturated carbocycles. The van der Waals surface area contributed by atoms with Crippen LogP contribution in [0.4, 0.5) is 10.2 Å². The summed E-state index contributed by atoms with van der Waals surface area (Å²) in [4.78, 5) is 37.5. The molecule has 49 heavy (non-hydrogen) atoms. The highest BCUT2D eigenvalue weighted by Crippen LogP contribution is 2.40. The van der Waals surface area contributed by atoms with Crippen molar-refractivity contribution in [2.45, 2.75) is 38.1 Å². The van der Waals surface area contributed by atoms with Gasteiger partial charge in [-0.2, -0.15) is 14.3 Å². The standard InChI is InChI=1S/C36H36ClFN8O2S/c1-22-40-28(49-43-22)11-12-29(47)45-19-23(20-45)18-44(2)34-26-17-39-32(25-9-3-7-24-8-4-10-27(37)30(24)25)31(38)33(26)41-35(42-34)48-21-36-13-5-15-46(36)16-6-14-36/h3-4,7-12,17,23H,5-6,13-16,18-21H2,1-2H3/b12-11+. The van der Waals surface area contributed by atoms with E-state index in [0.717, 1.165) is 49.5 Å². The number of carbonyl (C=O) groups is 1. The van der Waals surface area contributed by atoms with E-state index in [1.165, 1.54) is 11.5 Å². The van der Waals surface area contributed by atoms with Gasteiger partial charge in [-0.15, -0.1) is 0 Å². The Labute approximate surface area is 292 Å². The van der Waals surface area contributed by atoms with Gasteiger partial charge >= 0.3 is 6.01 Å². The van der Waals surface area contributed by atoms with Crippen LogP contribution in [-0.2, 0) is 4.79 Å². The molecule has 2 aromatic carbocycles. The number of hydrogen-bond donors (Lipinski definition) is 0. The number of nitrogens with zero attached hydrogens (tertiary/aromatic N) is 8. The molecule has 252 valence electrons. The molecule has 0 atom stereocenters. The Bertz CT molecular complexity index is 2090. The van der Waals surface area contributed by atoms with E-state index in [0.29, 0.717) is 58.9 Å². The lowest BCUT2D eigenvalue weighted by Gasteiger charge is -2.40. The number of pyridine rings is 1. The summed E-state index contributed by atoms with van der Waals surface area (Å²) in [5.41, 5.74) is 0.901. The van der Waals surface area contributed by atoms with Crippen LogP contribution in [-0.4, -0.2) is 91.9 Å². The first kappa shape index (κ1) is 32.0. The zero-order valence-corrected chi connectivity index (χ0v) is 29.0. The van der Waals surface area contributed by atoms with Crippen molar-refractivity contribution in [3.05, 3.63) is 70.3 Å². The van der Waals surface area contributed by atoms with Crippen LogP contribution in [0.15, 0.2) is 48.7 Å². The lowest BCUT2D eigenvalue weighted by Crippen LogP contribution is -2.53. The number of likely N-dealkylation sites (tertiary alicyclic amines) is 1. The molecule has 6 heterocycles. The molecule has 0 bridgehead atoms. The Morgan fingerprint density at radius 2 is 1.92 bits per heavy atom. The van der Waals surface area contributed by atoms with Crippen LogP contribution >= 0.6 is 23.1 Å². The van der Waals surface area contributed by atoms with Crippen molar-refractivity contribution in [1.82, 2.24) is 34.1 Å². The molecule has 0 radical (unpaired) electrons. The lowest BCUT2D eigenvalue weighted by atomic mass is 9.95. The topological polar surface area (TPSA) is 100 Å². The monoisotopic (exact) mass is 698 g/mol. The predicted molar refractivity (Wildman–Crippen MR) is 191 cm³/mol. The molecular formula is C36H36ClFN8O2S. The molecule has 10 nitrogen and oxygen atoms in total. The fourth-order valence-electron chi connectivity index (χ4n) is 7.69. The van der Waals surface area contributed by atoms with Crippen LogP contribution in [0.3, 0.4) is 0 Å². The molecule has 3 saturated heterocycles. The molecule has 5 aromatic rings. The number of rotatable bonds is 9. The van der Waals surface area contributed by atoms with Crippen LogP contribution in [0.2, 0.25) is 5.02 Å². The fraction of sp³-hybridized carbons (Fsp3) is 0.389. The highest BCUT2D eigenvalue weighted by molar-refractivity contribution is 7.06. The molecule has 13 heteroatoms. The Morgan fingerprint density at radius 3 is 2.67 bits per heavy atom. The molecular weight excluding hydrogens is 663 g/mol. The zero-order chi connectivity index (χ0) is 33.7. The van der Waals surface area contributed by atoms with Gasteiger partial charge in [-0.05, 0) is 74.8 Å². The van der Waals surface area contributed by atoms with E-state index in [2.05, 4.69) is 24.2 Å². The highest BCUT2D eigenvalue weighted by Gasteiger charge is 2.45. The van der Waals surface area contributed by atoms with E-state index >= 15 is 4.39 Å². The molecule has 1 amide bonds. The molecule has 8 rings (SSSR count). The van der Waals surface area contributed by atoms with Crippen molar-refractivity contribution in [3.8, 4) is 17.3 Å². The van der Waals surface area contributed by atoms with E-state index in [1.807, 2.05) is 49.2 Å². The minimum absolute atomic E-state index is 0.0166. The van der Waals surface area contributed by atoms with E-state index in [-0.39, 0.29) is 34.6 Å². The van der Waals surface area contributed by atoms with E-state index in [1.54, 1.807) is 29.3 Å². The Balaban J connectivity index is 1.09. The number of anilines is 1. The molecule has 0 N–H and O–H groups in total. The number of carbonyl (C=O) groups excluding carboxylic acids is 1. The van der Waals surface area contributed by atoms with E-state index in [9.17, 15) is 4.79 Å². The number of aryl methyl sites for hydroxylation is 1. The van der Waals surface area contributed by atoms with Gasteiger partial charge in [0.1, 0.15) is 34.5 Å². The number of benzene rings is 2. The van der Waals surface area contributed by atoms with Crippen molar-refractivity contribution in [2.75, 3.05) is 51.3 Å². The average Bonchev–Trinajstić information content (AvgIpc) is 3.80. The Kier molecular flexibility index (Phi) is 8.41. The van der Waals surface area contributed by atoms with Crippen LogP contribution < -0.4 is 9.64 Å². The summed E-state index contributed by atoms with van der Waals surface area (Å²) >= 11 is 7.89. The van der Waals surface area contributed by atoms with Gasteiger partial charge in [0, 0.05) is 60.8 Å². The largest absolute Gasteiger partial charge is 0.461 e. The van der Waals surface area contributed by atoms with Crippen molar-refractivity contribution >= 4 is 62.6 Å². The average molecular weight is 699 g/mol. The second-order valence-corrected chi connectivity index (χ2v) is 14.6.